The average Bonchev–Trinajstić information content (AvgIpc) is 3.10. The molecule has 3 aromatic rings. The van der Waals surface area contributed by atoms with Crippen LogP contribution in [0.3, 0.4) is 0 Å². The number of benzene rings is 1. The SMILES string of the molecule is NC(c1cc2ccccc2[nH]1)c1ncc2n1C[C@@H](F)C2. The third-order valence-electron chi connectivity index (χ3n) is 3.94. The van der Waals surface area contributed by atoms with Crippen LogP contribution >= 0.6 is 0 Å². The van der Waals surface area contributed by atoms with Crippen LogP contribution in [-0.4, -0.2) is 20.7 Å². The maximum atomic E-state index is 13.5. The minimum absolute atomic E-state index is 0.360. The molecule has 1 aliphatic rings. The zero-order valence-electron chi connectivity index (χ0n) is 10.9. The van der Waals surface area contributed by atoms with E-state index >= 15 is 0 Å². The van der Waals surface area contributed by atoms with E-state index in [-0.39, 0.29) is 6.04 Å². The van der Waals surface area contributed by atoms with Gasteiger partial charge in [0.1, 0.15) is 18.0 Å². The third-order valence-corrected chi connectivity index (χ3v) is 3.94. The summed E-state index contributed by atoms with van der Waals surface area (Å²) in [5.74, 6) is 0.728. The van der Waals surface area contributed by atoms with Crippen LogP contribution in [0.25, 0.3) is 10.9 Å². The summed E-state index contributed by atoms with van der Waals surface area (Å²) in [5.41, 5.74) is 9.19. The molecule has 2 atom stereocenters. The van der Waals surface area contributed by atoms with Crippen molar-refractivity contribution in [3.8, 4) is 0 Å². The number of hydrogen-bond acceptors (Lipinski definition) is 2. The molecule has 3 N–H and O–H groups in total. The summed E-state index contributed by atoms with van der Waals surface area (Å²) in [4.78, 5) is 7.68. The molecule has 5 heteroatoms. The summed E-state index contributed by atoms with van der Waals surface area (Å²) < 4.78 is 15.4. The van der Waals surface area contributed by atoms with Gasteiger partial charge in [0.2, 0.25) is 0 Å². The average molecular weight is 270 g/mol. The van der Waals surface area contributed by atoms with Gasteiger partial charge < -0.3 is 15.3 Å². The number of aromatic amines is 1. The van der Waals surface area contributed by atoms with E-state index in [0.717, 1.165) is 28.1 Å². The van der Waals surface area contributed by atoms with Gasteiger partial charge in [0.05, 0.1) is 6.54 Å². The van der Waals surface area contributed by atoms with Crippen molar-refractivity contribution < 1.29 is 4.39 Å². The predicted molar refractivity (Wildman–Crippen MR) is 75.2 cm³/mol. The maximum Gasteiger partial charge on any atom is 0.132 e. The summed E-state index contributed by atoms with van der Waals surface area (Å²) in [7, 11) is 0. The third kappa shape index (κ3) is 1.67. The molecule has 0 aliphatic carbocycles. The van der Waals surface area contributed by atoms with Crippen molar-refractivity contribution in [2.45, 2.75) is 25.2 Å². The summed E-state index contributed by atoms with van der Waals surface area (Å²) in [6.45, 7) is 0.360. The van der Waals surface area contributed by atoms with Crippen molar-refractivity contribution in [2.75, 3.05) is 0 Å². The molecule has 3 heterocycles. The molecule has 0 saturated carbocycles. The van der Waals surface area contributed by atoms with Gasteiger partial charge in [0.25, 0.3) is 0 Å². The van der Waals surface area contributed by atoms with Crippen molar-refractivity contribution in [2.24, 2.45) is 5.73 Å². The first-order valence-electron chi connectivity index (χ1n) is 6.74. The minimum Gasteiger partial charge on any atom is -0.357 e. The Bertz CT molecular complexity index is 740. The van der Waals surface area contributed by atoms with E-state index in [2.05, 4.69) is 9.97 Å². The van der Waals surface area contributed by atoms with E-state index < -0.39 is 6.17 Å². The van der Waals surface area contributed by atoms with Crippen molar-refractivity contribution in [3.63, 3.8) is 0 Å². The molecule has 4 nitrogen and oxygen atoms in total. The Labute approximate surface area is 115 Å². The van der Waals surface area contributed by atoms with Gasteiger partial charge in [0.15, 0.2) is 0 Å². The van der Waals surface area contributed by atoms with Crippen LogP contribution in [0, 0.1) is 0 Å². The number of para-hydroxylation sites is 1. The van der Waals surface area contributed by atoms with E-state index in [0.29, 0.717) is 13.0 Å². The van der Waals surface area contributed by atoms with Gasteiger partial charge in [-0.1, -0.05) is 18.2 Å². The van der Waals surface area contributed by atoms with Crippen LogP contribution < -0.4 is 5.73 Å². The van der Waals surface area contributed by atoms with Crippen LogP contribution in [0.1, 0.15) is 23.3 Å². The van der Waals surface area contributed by atoms with Gasteiger partial charge in [-0.15, -0.1) is 0 Å². The normalized spacial score (nSPS) is 19.4. The minimum atomic E-state index is -0.818. The number of nitrogens with one attached hydrogen (secondary N) is 1. The molecule has 20 heavy (non-hydrogen) atoms. The standard InChI is InChI=1S/C15H15FN4/c16-10-6-11-7-18-15(20(11)8-10)14(17)13-5-9-3-1-2-4-12(9)19-13/h1-5,7,10,14,19H,6,8,17H2/t10-,14?/m0/s1. The van der Waals surface area contributed by atoms with E-state index in [1.165, 1.54) is 0 Å². The second-order valence-corrected chi connectivity index (χ2v) is 5.31. The number of imidazole rings is 1. The number of hydrogen-bond donors (Lipinski definition) is 2. The van der Waals surface area contributed by atoms with Gasteiger partial charge >= 0.3 is 0 Å². The molecule has 0 radical (unpaired) electrons. The molecule has 0 fully saturated rings. The number of nitrogens with two attached hydrogens (primary N) is 1. The molecular weight excluding hydrogens is 255 g/mol. The molecular formula is C15H15FN4. The Balaban J connectivity index is 1.75. The molecule has 0 amide bonds. The number of fused-ring (bicyclic) bond motifs is 2. The van der Waals surface area contributed by atoms with Gasteiger partial charge in [0, 0.05) is 29.5 Å². The fourth-order valence-corrected chi connectivity index (χ4v) is 2.94. The molecule has 1 aliphatic heterocycles. The lowest BCUT2D eigenvalue weighted by Crippen LogP contribution is -2.18. The molecule has 1 unspecified atom stereocenters. The molecule has 4 rings (SSSR count). The zero-order chi connectivity index (χ0) is 13.7. The van der Waals surface area contributed by atoms with Crippen LogP contribution in [0.2, 0.25) is 0 Å². The van der Waals surface area contributed by atoms with Gasteiger partial charge in [-0.3, -0.25) is 0 Å². The molecule has 0 saturated heterocycles. The highest BCUT2D eigenvalue weighted by Gasteiger charge is 2.27. The van der Waals surface area contributed by atoms with Crippen LogP contribution in [-0.2, 0) is 13.0 Å². The zero-order valence-corrected chi connectivity index (χ0v) is 10.9. The summed E-state index contributed by atoms with van der Waals surface area (Å²) in [6, 6.07) is 9.70. The lowest BCUT2D eigenvalue weighted by molar-refractivity contribution is 0.325. The highest BCUT2D eigenvalue weighted by molar-refractivity contribution is 5.80. The molecule has 2 aromatic heterocycles. The molecule has 1 aromatic carbocycles. The number of rotatable bonds is 2. The first-order chi connectivity index (χ1) is 9.72. The lowest BCUT2D eigenvalue weighted by atomic mass is 10.2. The quantitative estimate of drug-likeness (QED) is 0.750. The second-order valence-electron chi connectivity index (χ2n) is 5.31. The fourth-order valence-electron chi connectivity index (χ4n) is 2.94. The highest BCUT2D eigenvalue weighted by atomic mass is 19.1. The number of alkyl halides is 1. The number of aromatic nitrogens is 3. The first kappa shape index (κ1) is 11.7. The van der Waals surface area contributed by atoms with Crippen molar-refractivity contribution >= 4 is 10.9 Å². The van der Waals surface area contributed by atoms with Crippen LogP contribution in [0.4, 0.5) is 4.39 Å². The van der Waals surface area contributed by atoms with Crippen LogP contribution in [0.15, 0.2) is 36.5 Å². The van der Waals surface area contributed by atoms with E-state index in [9.17, 15) is 4.39 Å². The monoisotopic (exact) mass is 270 g/mol. The molecule has 0 bridgehead atoms. The Morgan fingerprint density at radius 1 is 1.40 bits per heavy atom. The first-order valence-corrected chi connectivity index (χ1v) is 6.74. The second kappa shape index (κ2) is 4.18. The Hall–Kier alpha value is -2.14. The Kier molecular flexibility index (Phi) is 2.44. The number of halogens is 1. The van der Waals surface area contributed by atoms with Gasteiger partial charge in [-0.2, -0.15) is 0 Å². The van der Waals surface area contributed by atoms with E-state index in [4.69, 9.17) is 5.73 Å². The van der Waals surface area contributed by atoms with E-state index in [1.807, 2.05) is 34.9 Å². The van der Waals surface area contributed by atoms with Crippen molar-refractivity contribution in [1.82, 2.24) is 14.5 Å². The van der Waals surface area contributed by atoms with Crippen molar-refractivity contribution in [1.29, 1.82) is 0 Å². The van der Waals surface area contributed by atoms with E-state index in [1.54, 1.807) is 6.20 Å². The Morgan fingerprint density at radius 2 is 2.25 bits per heavy atom. The molecule has 102 valence electrons. The summed E-state index contributed by atoms with van der Waals surface area (Å²) in [5, 5.41) is 1.12. The van der Waals surface area contributed by atoms with Gasteiger partial charge in [-0.05, 0) is 17.5 Å². The molecule has 0 spiro atoms. The number of nitrogens with zero attached hydrogens (tertiary/aromatic N) is 2. The lowest BCUT2D eigenvalue weighted by Gasteiger charge is -2.11. The fraction of sp³-hybridized carbons (Fsp3) is 0.267. The van der Waals surface area contributed by atoms with Crippen molar-refractivity contribution in [3.05, 3.63) is 53.7 Å². The van der Waals surface area contributed by atoms with Gasteiger partial charge in [-0.25, -0.2) is 9.37 Å². The smallest absolute Gasteiger partial charge is 0.132 e. The Morgan fingerprint density at radius 3 is 3.10 bits per heavy atom. The topological polar surface area (TPSA) is 59.6 Å². The van der Waals surface area contributed by atoms with Crippen LogP contribution in [0.5, 0.6) is 0 Å². The predicted octanol–water partition coefficient (Wildman–Crippen LogP) is 2.31. The largest absolute Gasteiger partial charge is 0.357 e. The number of H-pyrrole nitrogens is 1. The maximum absolute atomic E-state index is 13.5. The highest BCUT2D eigenvalue weighted by Crippen LogP contribution is 2.27. The summed E-state index contributed by atoms with van der Waals surface area (Å²) >= 11 is 0. The summed E-state index contributed by atoms with van der Waals surface area (Å²) in [6.07, 6.45) is 1.35.